The van der Waals surface area contributed by atoms with E-state index in [-0.39, 0.29) is 18.4 Å². The van der Waals surface area contributed by atoms with Gasteiger partial charge in [0.25, 0.3) is 0 Å². The van der Waals surface area contributed by atoms with Gasteiger partial charge in [-0.1, -0.05) is 36.9 Å². The Morgan fingerprint density at radius 2 is 2.08 bits per heavy atom. The highest BCUT2D eigenvalue weighted by Crippen LogP contribution is 2.39. The smallest absolute Gasteiger partial charge is 0.240 e. The largest absolute Gasteiger partial charge is 0.355 e. The molecule has 1 aliphatic heterocycles. The lowest BCUT2D eigenvalue weighted by Crippen LogP contribution is -2.43. The van der Waals surface area contributed by atoms with E-state index < -0.39 is 0 Å². The van der Waals surface area contributed by atoms with Crippen molar-refractivity contribution >= 4 is 29.3 Å². The third-order valence-corrected chi connectivity index (χ3v) is 4.80. The molecule has 0 atom stereocenters. The Bertz CT molecular complexity index is 757. The molecule has 0 saturated heterocycles. The fraction of sp³-hybridized carbons (Fsp3) is 0.353. The Morgan fingerprint density at radius 1 is 1.33 bits per heavy atom. The molecule has 0 radical (unpaired) electrons. The zero-order chi connectivity index (χ0) is 17.1. The number of aromatic nitrogens is 2. The highest BCUT2D eigenvalue weighted by atomic mass is 32.2. The average molecular weight is 344 g/mol. The minimum absolute atomic E-state index is 0.0354. The molecule has 2 amide bonds. The minimum Gasteiger partial charge on any atom is -0.355 e. The Kier molecular flexibility index (Phi) is 4.89. The molecule has 1 aromatic heterocycles. The molecule has 2 aromatic rings. The minimum atomic E-state index is -0.144. The number of benzene rings is 1. The summed E-state index contributed by atoms with van der Waals surface area (Å²) in [6.45, 7) is 4.52. The summed E-state index contributed by atoms with van der Waals surface area (Å²) in [6.07, 6.45) is 0.867. The van der Waals surface area contributed by atoms with Crippen LogP contribution in [0, 0.1) is 6.92 Å². The van der Waals surface area contributed by atoms with Gasteiger partial charge in [0.05, 0.1) is 22.8 Å². The van der Waals surface area contributed by atoms with Crippen LogP contribution in [0.3, 0.4) is 0 Å². The van der Waals surface area contributed by atoms with Crippen molar-refractivity contribution in [3.8, 4) is 5.69 Å². The monoisotopic (exact) mass is 344 g/mol. The lowest BCUT2D eigenvalue weighted by atomic mass is 10.3. The Hall–Kier alpha value is -2.28. The van der Waals surface area contributed by atoms with Crippen molar-refractivity contribution < 1.29 is 9.59 Å². The van der Waals surface area contributed by atoms with E-state index in [1.54, 1.807) is 4.90 Å². The van der Waals surface area contributed by atoms with E-state index in [0.717, 1.165) is 28.5 Å². The molecule has 7 heteroatoms. The summed E-state index contributed by atoms with van der Waals surface area (Å²) in [5, 5.41) is 8.31. The third-order valence-electron chi connectivity index (χ3n) is 3.77. The highest BCUT2D eigenvalue weighted by Gasteiger charge is 2.32. The van der Waals surface area contributed by atoms with Crippen LogP contribution in [0.15, 0.2) is 35.4 Å². The van der Waals surface area contributed by atoms with E-state index >= 15 is 0 Å². The number of fused-ring (bicyclic) bond motifs is 1. The number of carbonyl (C=O) groups is 2. The van der Waals surface area contributed by atoms with Crippen LogP contribution in [0.1, 0.15) is 19.0 Å². The number of nitrogens with zero attached hydrogens (tertiary/aromatic N) is 3. The molecule has 1 N–H and O–H groups in total. The van der Waals surface area contributed by atoms with Crippen molar-refractivity contribution in [3.05, 3.63) is 36.0 Å². The van der Waals surface area contributed by atoms with Crippen molar-refractivity contribution in [1.29, 1.82) is 0 Å². The maximum Gasteiger partial charge on any atom is 0.240 e. The molecule has 2 heterocycles. The van der Waals surface area contributed by atoms with E-state index in [1.807, 2.05) is 48.9 Å². The number of thioether (sulfide) groups is 1. The molecule has 0 bridgehead atoms. The van der Waals surface area contributed by atoms with E-state index in [0.29, 0.717) is 12.3 Å². The van der Waals surface area contributed by atoms with Crippen molar-refractivity contribution in [2.24, 2.45) is 0 Å². The van der Waals surface area contributed by atoms with Gasteiger partial charge in [0.15, 0.2) is 0 Å². The molecule has 24 heavy (non-hydrogen) atoms. The second kappa shape index (κ2) is 7.09. The number of amides is 2. The lowest BCUT2D eigenvalue weighted by Gasteiger charge is -2.26. The van der Waals surface area contributed by atoms with Gasteiger partial charge in [-0.3, -0.25) is 14.5 Å². The van der Waals surface area contributed by atoms with Gasteiger partial charge in [0.2, 0.25) is 11.8 Å². The maximum absolute atomic E-state index is 12.4. The van der Waals surface area contributed by atoms with E-state index in [1.165, 1.54) is 11.8 Å². The van der Waals surface area contributed by atoms with Crippen LogP contribution in [0.2, 0.25) is 0 Å². The molecule has 0 spiro atoms. The second-order valence-corrected chi connectivity index (χ2v) is 6.57. The number of aryl methyl sites for hydroxylation is 1. The van der Waals surface area contributed by atoms with Gasteiger partial charge in [0.1, 0.15) is 11.6 Å². The van der Waals surface area contributed by atoms with Crippen LogP contribution in [-0.2, 0) is 9.59 Å². The van der Waals surface area contributed by atoms with Gasteiger partial charge >= 0.3 is 0 Å². The number of hydrogen-bond donors (Lipinski definition) is 1. The van der Waals surface area contributed by atoms with Crippen LogP contribution in [0.4, 0.5) is 5.69 Å². The molecule has 0 saturated carbocycles. The second-order valence-electron chi connectivity index (χ2n) is 5.61. The first-order chi connectivity index (χ1) is 11.6. The van der Waals surface area contributed by atoms with Crippen LogP contribution in [0.5, 0.6) is 0 Å². The van der Waals surface area contributed by atoms with Crippen LogP contribution < -0.4 is 10.2 Å². The molecule has 0 aliphatic carbocycles. The molecule has 3 rings (SSSR count). The SMILES string of the molecule is CCCNC(=O)CN1C(=O)CSc2c1c(C)nn2-c1ccccc1. The molecule has 0 unspecified atom stereocenters. The zero-order valence-electron chi connectivity index (χ0n) is 13.8. The first kappa shape index (κ1) is 16.6. The van der Waals surface area contributed by atoms with Gasteiger partial charge < -0.3 is 5.32 Å². The Balaban J connectivity index is 1.94. The number of hydrogen-bond acceptors (Lipinski definition) is 4. The number of nitrogens with one attached hydrogen (secondary N) is 1. The van der Waals surface area contributed by atoms with Gasteiger partial charge in [-0.05, 0) is 25.5 Å². The summed E-state index contributed by atoms with van der Waals surface area (Å²) in [6, 6.07) is 9.80. The van der Waals surface area contributed by atoms with Crippen molar-refractivity contribution in [1.82, 2.24) is 15.1 Å². The fourth-order valence-electron chi connectivity index (χ4n) is 2.65. The van der Waals surface area contributed by atoms with Crippen LogP contribution in [-0.4, -0.2) is 40.4 Å². The summed E-state index contributed by atoms with van der Waals surface area (Å²) in [4.78, 5) is 26.0. The first-order valence-electron chi connectivity index (χ1n) is 7.96. The van der Waals surface area contributed by atoms with Crippen molar-refractivity contribution in [3.63, 3.8) is 0 Å². The Labute approximate surface area is 145 Å². The zero-order valence-corrected chi connectivity index (χ0v) is 14.6. The molecule has 1 aromatic carbocycles. The van der Waals surface area contributed by atoms with E-state index in [4.69, 9.17) is 0 Å². The average Bonchev–Trinajstić information content (AvgIpc) is 2.93. The van der Waals surface area contributed by atoms with Gasteiger partial charge in [-0.15, -0.1) is 0 Å². The maximum atomic E-state index is 12.4. The predicted octanol–water partition coefficient (Wildman–Crippen LogP) is 2.15. The van der Waals surface area contributed by atoms with Gasteiger partial charge in [0, 0.05) is 6.54 Å². The summed E-state index contributed by atoms with van der Waals surface area (Å²) >= 11 is 1.47. The standard InChI is InChI=1S/C17H20N4O2S/c1-3-9-18-14(22)10-20-15(23)11-24-17-16(20)12(2)19-21(17)13-7-5-4-6-8-13/h4-8H,3,9-11H2,1-2H3,(H,18,22). The van der Waals surface area contributed by atoms with Gasteiger partial charge in [-0.2, -0.15) is 5.10 Å². The van der Waals surface area contributed by atoms with Crippen molar-refractivity contribution in [2.75, 3.05) is 23.7 Å². The molecule has 0 fully saturated rings. The highest BCUT2D eigenvalue weighted by molar-refractivity contribution is 8.00. The number of rotatable bonds is 5. The predicted molar refractivity (Wildman–Crippen MR) is 94.7 cm³/mol. The number of para-hydroxylation sites is 1. The number of carbonyl (C=O) groups excluding carboxylic acids is 2. The molecule has 1 aliphatic rings. The number of anilines is 1. The van der Waals surface area contributed by atoms with Gasteiger partial charge in [-0.25, -0.2) is 4.68 Å². The Morgan fingerprint density at radius 3 is 2.79 bits per heavy atom. The molecule has 6 nitrogen and oxygen atoms in total. The topological polar surface area (TPSA) is 67.2 Å². The molecule has 126 valence electrons. The summed E-state index contributed by atoms with van der Waals surface area (Å²) in [7, 11) is 0. The fourth-order valence-corrected chi connectivity index (χ4v) is 3.73. The van der Waals surface area contributed by atoms with Crippen molar-refractivity contribution in [2.45, 2.75) is 25.3 Å². The first-order valence-corrected chi connectivity index (χ1v) is 8.95. The molecular weight excluding hydrogens is 324 g/mol. The van der Waals surface area contributed by atoms with E-state index in [2.05, 4.69) is 10.4 Å². The quantitative estimate of drug-likeness (QED) is 0.902. The summed E-state index contributed by atoms with van der Waals surface area (Å²) < 4.78 is 1.85. The normalized spacial score (nSPS) is 13.8. The van der Waals surface area contributed by atoms with Crippen LogP contribution in [0.25, 0.3) is 5.69 Å². The third kappa shape index (κ3) is 3.17. The van der Waals surface area contributed by atoms with Crippen LogP contribution >= 0.6 is 11.8 Å². The van der Waals surface area contributed by atoms with E-state index in [9.17, 15) is 9.59 Å². The summed E-state index contributed by atoms with van der Waals surface area (Å²) in [5.74, 6) is 0.108. The lowest BCUT2D eigenvalue weighted by molar-refractivity contribution is -0.122. The summed E-state index contributed by atoms with van der Waals surface area (Å²) in [5.41, 5.74) is 2.43. The molecular formula is C17H20N4O2S.